The predicted molar refractivity (Wildman–Crippen MR) is 131 cm³/mol. The van der Waals surface area contributed by atoms with Crippen LogP contribution in [-0.2, 0) is 38.1 Å². The number of carbonyl (C=O) groups is 3. The van der Waals surface area contributed by atoms with Gasteiger partial charge in [0.05, 0.1) is 52.9 Å². The molecule has 1 aliphatic carbocycles. The van der Waals surface area contributed by atoms with Gasteiger partial charge < -0.3 is 39.4 Å². The van der Waals surface area contributed by atoms with E-state index in [9.17, 15) is 14.4 Å². The highest BCUT2D eigenvalue weighted by Crippen LogP contribution is 2.10. The summed E-state index contributed by atoms with van der Waals surface area (Å²) in [6.45, 7) is 3.93. The third-order valence-corrected chi connectivity index (χ3v) is 4.99. The number of hydrogen-bond donors (Lipinski definition) is 3. The van der Waals surface area contributed by atoms with Gasteiger partial charge in [-0.2, -0.15) is 0 Å². The molecule has 0 saturated heterocycles. The van der Waals surface area contributed by atoms with Crippen molar-refractivity contribution in [1.82, 2.24) is 10.6 Å². The first-order valence-electron chi connectivity index (χ1n) is 12.7. The van der Waals surface area contributed by atoms with Crippen LogP contribution in [0.15, 0.2) is 0 Å². The molecule has 206 valence electrons. The van der Waals surface area contributed by atoms with Crippen LogP contribution in [-0.4, -0.2) is 102 Å². The van der Waals surface area contributed by atoms with Crippen LogP contribution in [0.2, 0.25) is 0 Å². The van der Waals surface area contributed by atoms with E-state index >= 15 is 0 Å². The van der Waals surface area contributed by atoms with Crippen molar-refractivity contribution in [3.63, 3.8) is 0 Å². The van der Waals surface area contributed by atoms with Crippen LogP contribution in [0.4, 0.5) is 0 Å². The summed E-state index contributed by atoms with van der Waals surface area (Å²) in [5, 5.41) is 13.9. The van der Waals surface area contributed by atoms with Gasteiger partial charge in [-0.25, -0.2) is 0 Å². The minimum atomic E-state index is -0.873. The van der Waals surface area contributed by atoms with E-state index in [-0.39, 0.29) is 44.0 Å². The summed E-state index contributed by atoms with van der Waals surface area (Å²) in [5.41, 5.74) is 0. The molecule has 0 aliphatic heterocycles. The van der Waals surface area contributed by atoms with Crippen LogP contribution in [0.25, 0.3) is 0 Å². The Labute approximate surface area is 213 Å². The Morgan fingerprint density at radius 3 is 2.08 bits per heavy atom. The molecule has 1 rings (SSSR count). The number of carboxylic acid groups (broad SMARTS) is 1. The molecule has 0 radical (unpaired) electrons. The van der Waals surface area contributed by atoms with Crippen molar-refractivity contribution in [3.05, 3.63) is 0 Å². The molecule has 0 aromatic carbocycles. The minimum absolute atomic E-state index is 0.0129. The SMILES string of the molecule is O=C(O)CCCNC(=O)CCOCCOCCOCCOCCNC(=O)COC1C#CCCCCC1. The van der Waals surface area contributed by atoms with Crippen LogP contribution in [0.1, 0.15) is 51.4 Å². The van der Waals surface area contributed by atoms with E-state index in [4.69, 9.17) is 28.8 Å². The van der Waals surface area contributed by atoms with Crippen LogP contribution >= 0.6 is 0 Å². The predicted octanol–water partition coefficient (Wildman–Crippen LogP) is 0.893. The van der Waals surface area contributed by atoms with Crippen LogP contribution < -0.4 is 10.6 Å². The molecular formula is C25H42N2O9. The van der Waals surface area contributed by atoms with Gasteiger partial charge in [-0.3, -0.25) is 14.4 Å². The second kappa shape index (κ2) is 23.2. The van der Waals surface area contributed by atoms with Crippen LogP contribution in [0.5, 0.6) is 0 Å². The molecule has 1 atom stereocenters. The zero-order valence-corrected chi connectivity index (χ0v) is 21.2. The first kappa shape index (κ1) is 31.8. The monoisotopic (exact) mass is 514 g/mol. The van der Waals surface area contributed by atoms with Crippen molar-refractivity contribution in [3.8, 4) is 11.8 Å². The summed E-state index contributed by atoms with van der Waals surface area (Å²) >= 11 is 0. The summed E-state index contributed by atoms with van der Waals surface area (Å²) in [5.74, 6) is 4.97. The summed E-state index contributed by atoms with van der Waals surface area (Å²) in [6, 6.07) is 0. The van der Waals surface area contributed by atoms with E-state index in [1.54, 1.807) is 0 Å². The average molecular weight is 515 g/mol. The Morgan fingerprint density at radius 2 is 1.39 bits per heavy atom. The van der Waals surface area contributed by atoms with Crippen molar-refractivity contribution >= 4 is 17.8 Å². The van der Waals surface area contributed by atoms with Crippen molar-refractivity contribution in [2.24, 2.45) is 0 Å². The number of rotatable bonds is 22. The summed E-state index contributed by atoms with van der Waals surface area (Å²) < 4.78 is 27.1. The molecule has 0 fully saturated rings. The van der Waals surface area contributed by atoms with Gasteiger partial charge in [0.25, 0.3) is 0 Å². The molecule has 36 heavy (non-hydrogen) atoms. The summed E-state index contributed by atoms with van der Waals surface area (Å²) in [7, 11) is 0. The van der Waals surface area contributed by atoms with Crippen molar-refractivity contribution in [1.29, 1.82) is 0 Å². The van der Waals surface area contributed by atoms with Gasteiger partial charge in [0.2, 0.25) is 11.8 Å². The zero-order valence-electron chi connectivity index (χ0n) is 21.2. The molecule has 1 aliphatic rings. The van der Waals surface area contributed by atoms with Crippen molar-refractivity contribution in [2.45, 2.75) is 57.5 Å². The normalized spacial score (nSPS) is 15.3. The topological polar surface area (TPSA) is 142 Å². The highest BCUT2D eigenvalue weighted by Gasteiger charge is 2.10. The van der Waals surface area contributed by atoms with E-state index in [1.165, 1.54) is 0 Å². The average Bonchev–Trinajstić information content (AvgIpc) is 2.83. The molecule has 0 aromatic heterocycles. The number of hydrogen-bond acceptors (Lipinski definition) is 8. The maximum atomic E-state index is 11.8. The standard InChI is InChI=1S/C25H42N2O9/c28-23(26-11-6-9-25(30)31)10-13-32-15-17-34-19-20-35-18-16-33-14-12-27-24(29)21-36-22-7-4-2-1-3-5-8-22/h22H,1-4,6-7,9-21H2,(H,26,28)(H,27,29)(H,30,31). The van der Waals surface area contributed by atoms with Crippen LogP contribution in [0.3, 0.4) is 0 Å². The van der Waals surface area contributed by atoms with Gasteiger partial charge in [-0.05, 0) is 25.7 Å². The number of ether oxygens (including phenoxy) is 5. The fourth-order valence-electron chi connectivity index (χ4n) is 3.08. The summed E-state index contributed by atoms with van der Waals surface area (Å²) in [4.78, 5) is 33.7. The lowest BCUT2D eigenvalue weighted by molar-refractivity contribution is -0.137. The van der Waals surface area contributed by atoms with E-state index in [2.05, 4.69) is 22.5 Å². The molecular weight excluding hydrogens is 472 g/mol. The number of carboxylic acids is 1. The minimum Gasteiger partial charge on any atom is -0.481 e. The lowest BCUT2D eigenvalue weighted by Crippen LogP contribution is -2.32. The number of aliphatic carboxylic acids is 1. The van der Waals surface area contributed by atoms with Crippen LogP contribution in [0, 0.1) is 11.8 Å². The summed E-state index contributed by atoms with van der Waals surface area (Å²) in [6.07, 6.45) is 5.69. The van der Waals surface area contributed by atoms with Gasteiger partial charge in [-0.1, -0.05) is 12.3 Å². The van der Waals surface area contributed by atoms with E-state index in [0.717, 1.165) is 32.1 Å². The molecule has 0 bridgehead atoms. The molecule has 3 N–H and O–H groups in total. The first-order valence-corrected chi connectivity index (χ1v) is 12.7. The molecule has 0 spiro atoms. The molecule has 11 heteroatoms. The van der Waals surface area contributed by atoms with E-state index < -0.39 is 5.97 Å². The molecule has 11 nitrogen and oxygen atoms in total. The fourth-order valence-corrected chi connectivity index (χ4v) is 3.08. The van der Waals surface area contributed by atoms with E-state index in [1.807, 2.05) is 0 Å². The van der Waals surface area contributed by atoms with Crippen molar-refractivity contribution in [2.75, 3.05) is 72.6 Å². The number of amides is 2. The second-order valence-electron chi connectivity index (χ2n) is 8.12. The Hall–Kier alpha value is -2.23. The lowest BCUT2D eigenvalue weighted by atomic mass is 10.1. The van der Waals surface area contributed by atoms with E-state index in [0.29, 0.717) is 65.8 Å². The van der Waals surface area contributed by atoms with Gasteiger partial charge >= 0.3 is 5.97 Å². The Morgan fingerprint density at radius 1 is 0.750 bits per heavy atom. The largest absolute Gasteiger partial charge is 0.481 e. The van der Waals surface area contributed by atoms with Gasteiger partial charge in [-0.15, -0.1) is 5.92 Å². The van der Waals surface area contributed by atoms with Gasteiger partial charge in [0.1, 0.15) is 12.7 Å². The van der Waals surface area contributed by atoms with Gasteiger partial charge in [0, 0.05) is 32.4 Å². The maximum absolute atomic E-state index is 11.8. The molecule has 0 heterocycles. The van der Waals surface area contributed by atoms with Gasteiger partial charge in [0.15, 0.2) is 0 Å². The second-order valence-corrected chi connectivity index (χ2v) is 8.12. The quantitative estimate of drug-likeness (QED) is 0.142. The highest BCUT2D eigenvalue weighted by atomic mass is 16.6. The Balaban J connectivity index is 1.78. The fraction of sp³-hybridized carbons (Fsp3) is 0.800. The van der Waals surface area contributed by atoms with Crippen molar-refractivity contribution < 1.29 is 43.2 Å². The number of nitrogens with one attached hydrogen (secondary N) is 2. The molecule has 0 saturated carbocycles. The highest BCUT2D eigenvalue weighted by molar-refractivity contribution is 5.77. The Kier molecular flexibility index (Phi) is 20.5. The third-order valence-electron chi connectivity index (χ3n) is 4.99. The third kappa shape index (κ3) is 21.1. The number of carbonyl (C=O) groups excluding carboxylic acids is 2. The maximum Gasteiger partial charge on any atom is 0.303 e. The lowest BCUT2D eigenvalue weighted by Gasteiger charge is -2.13. The molecule has 0 aromatic rings. The Bertz CT molecular complexity index is 664. The smallest absolute Gasteiger partial charge is 0.303 e. The molecule has 2 amide bonds. The molecule has 1 unspecified atom stereocenters. The zero-order chi connectivity index (χ0) is 26.1. The first-order chi connectivity index (χ1) is 17.6.